The van der Waals surface area contributed by atoms with Gasteiger partial charge in [-0.2, -0.15) is 0 Å². The number of aliphatic imine (C=N–C) groups is 1. The Morgan fingerprint density at radius 3 is 2.96 bits per heavy atom. The second kappa shape index (κ2) is 8.61. The summed E-state index contributed by atoms with van der Waals surface area (Å²) >= 11 is 1.67. The minimum Gasteiger partial charge on any atom is -0.488 e. The Hall–Kier alpha value is -2.28. The van der Waals surface area contributed by atoms with Gasteiger partial charge in [0.15, 0.2) is 17.5 Å². The van der Waals surface area contributed by atoms with E-state index in [9.17, 15) is 0 Å². The third kappa shape index (κ3) is 5.35. The minimum atomic E-state index is -0.168. The van der Waals surface area contributed by atoms with Crippen molar-refractivity contribution in [1.29, 1.82) is 0 Å². The molecule has 0 atom stereocenters. The van der Waals surface area contributed by atoms with E-state index in [0.717, 1.165) is 35.4 Å². The molecule has 0 amide bonds. The van der Waals surface area contributed by atoms with Gasteiger partial charge in [0.1, 0.15) is 17.2 Å². The van der Waals surface area contributed by atoms with Crippen LogP contribution in [0.3, 0.4) is 0 Å². The van der Waals surface area contributed by atoms with E-state index in [1.54, 1.807) is 11.3 Å². The molecule has 1 aliphatic rings. The van der Waals surface area contributed by atoms with Gasteiger partial charge in [-0.3, -0.25) is 0 Å². The number of aryl methyl sites for hydroxylation is 1. The van der Waals surface area contributed by atoms with Crippen molar-refractivity contribution in [3.63, 3.8) is 0 Å². The van der Waals surface area contributed by atoms with E-state index in [2.05, 4.69) is 47.4 Å². The third-order valence-electron chi connectivity index (χ3n) is 4.09. The van der Waals surface area contributed by atoms with Crippen LogP contribution in [0.4, 0.5) is 0 Å². The average Bonchev–Trinajstić information content (AvgIpc) is 3.17. The molecule has 6 nitrogen and oxygen atoms in total. The lowest BCUT2D eigenvalue weighted by Crippen LogP contribution is -2.39. The maximum Gasteiger partial charge on any atom is 0.191 e. The normalized spacial score (nSPS) is 15.2. The van der Waals surface area contributed by atoms with Gasteiger partial charge in [0.25, 0.3) is 0 Å². The fourth-order valence-electron chi connectivity index (χ4n) is 2.99. The largest absolute Gasteiger partial charge is 0.488 e. The quantitative estimate of drug-likeness (QED) is 0.433. The molecule has 146 valence electrons. The summed E-state index contributed by atoms with van der Waals surface area (Å²) in [6.07, 6.45) is 2.79. The number of nitrogens with one attached hydrogen (secondary N) is 2. The predicted octanol–water partition coefficient (Wildman–Crippen LogP) is 3.30. The smallest absolute Gasteiger partial charge is 0.191 e. The second-order valence-corrected chi connectivity index (χ2v) is 8.44. The molecule has 0 unspecified atom stereocenters. The van der Waals surface area contributed by atoms with Crippen molar-refractivity contribution in [2.24, 2.45) is 4.99 Å². The monoisotopic (exact) mass is 388 g/mol. The summed E-state index contributed by atoms with van der Waals surface area (Å²) in [4.78, 5) is 10.1. The predicted molar refractivity (Wildman–Crippen MR) is 110 cm³/mol. The highest BCUT2D eigenvalue weighted by atomic mass is 32.1. The Labute approximate surface area is 165 Å². The lowest BCUT2D eigenvalue weighted by molar-refractivity contribution is 0.132. The molecule has 0 bridgehead atoms. The maximum atomic E-state index is 6.04. The van der Waals surface area contributed by atoms with Crippen LogP contribution in [-0.4, -0.2) is 36.2 Å². The standard InChI is InChI=1S/C20H28N4O2S/c1-5-21-19(24-13-17-23-12-14(2)27-17)22-9-10-25-16-8-6-7-15-11-20(3,4)26-18(15)16/h6-8,12H,5,9-11,13H2,1-4H3,(H2,21,22,24). The molecular formula is C20H28N4O2S. The molecule has 1 aromatic carbocycles. The number of guanidine groups is 1. The first-order chi connectivity index (χ1) is 13.0. The van der Waals surface area contributed by atoms with Crippen molar-refractivity contribution < 1.29 is 9.47 Å². The fraction of sp³-hybridized carbons (Fsp3) is 0.500. The molecule has 2 aromatic rings. The maximum absolute atomic E-state index is 6.04. The molecule has 0 aliphatic carbocycles. The third-order valence-corrected chi connectivity index (χ3v) is 4.99. The summed E-state index contributed by atoms with van der Waals surface area (Å²) in [6, 6.07) is 6.09. The van der Waals surface area contributed by atoms with Crippen molar-refractivity contribution in [2.45, 2.75) is 46.3 Å². The summed E-state index contributed by atoms with van der Waals surface area (Å²) in [5.74, 6) is 2.45. The molecule has 27 heavy (non-hydrogen) atoms. The number of ether oxygens (including phenoxy) is 2. The van der Waals surface area contributed by atoms with E-state index in [1.165, 1.54) is 10.4 Å². The van der Waals surface area contributed by atoms with Gasteiger partial charge in [0, 0.05) is 29.6 Å². The zero-order chi connectivity index (χ0) is 19.3. The van der Waals surface area contributed by atoms with Crippen molar-refractivity contribution in [3.8, 4) is 11.5 Å². The summed E-state index contributed by atoms with van der Waals surface area (Å²) in [7, 11) is 0. The summed E-state index contributed by atoms with van der Waals surface area (Å²) in [6.45, 7) is 10.9. The van der Waals surface area contributed by atoms with E-state index >= 15 is 0 Å². The minimum absolute atomic E-state index is 0.168. The number of fused-ring (bicyclic) bond motifs is 1. The van der Waals surface area contributed by atoms with Gasteiger partial charge in [-0.15, -0.1) is 11.3 Å². The highest BCUT2D eigenvalue weighted by molar-refractivity contribution is 7.11. The SMILES string of the molecule is CCNC(=NCc1ncc(C)s1)NCCOc1cccc2c1OC(C)(C)C2. The van der Waals surface area contributed by atoms with Gasteiger partial charge in [-0.1, -0.05) is 12.1 Å². The molecule has 0 saturated carbocycles. The van der Waals surface area contributed by atoms with Crippen LogP contribution in [0.25, 0.3) is 0 Å². The van der Waals surface area contributed by atoms with E-state index in [1.807, 2.05) is 25.3 Å². The first kappa shape index (κ1) is 19.5. The summed E-state index contributed by atoms with van der Waals surface area (Å²) in [5.41, 5.74) is 1.04. The molecule has 0 fully saturated rings. The van der Waals surface area contributed by atoms with Crippen LogP contribution in [0.2, 0.25) is 0 Å². The van der Waals surface area contributed by atoms with Crippen molar-refractivity contribution in [1.82, 2.24) is 15.6 Å². The molecule has 2 N–H and O–H groups in total. The Morgan fingerprint density at radius 1 is 1.37 bits per heavy atom. The lowest BCUT2D eigenvalue weighted by Gasteiger charge is -2.18. The van der Waals surface area contributed by atoms with Gasteiger partial charge < -0.3 is 20.1 Å². The van der Waals surface area contributed by atoms with Crippen molar-refractivity contribution >= 4 is 17.3 Å². The molecule has 0 radical (unpaired) electrons. The first-order valence-corrected chi connectivity index (χ1v) is 10.2. The van der Waals surface area contributed by atoms with Gasteiger partial charge in [-0.05, 0) is 33.8 Å². The number of thiazole rings is 1. The molecule has 3 rings (SSSR count). The van der Waals surface area contributed by atoms with E-state index < -0.39 is 0 Å². The zero-order valence-electron chi connectivity index (χ0n) is 16.5. The molecule has 7 heteroatoms. The Bertz CT molecular complexity index is 801. The number of hydrogen-bond acceptors (Lipinski definition) is 5. The number of aromatic nitrogens is 1. The topological polar surface area (TPSA) is 67.8 Å². The second-order valence-electron chi connectivity index (χ2n) is 7.12. The number of benzene rings is 1. The first-order valence-electron chi connectivity index (χ1n) is 9.34. The number of para-hydroxylation sites is 1. The fourth-order valence-corrected chi connectivity index (χ4v) is 3.71. The average molecular weight is 389 g/mol. The van der Waals surface area contributed by atoms with Gasteiger partial charge in [0.2, 0.25) is 0 Å². The van der Waals surface area contributed by atoms with Crippen LogP contribution < -0.4 is 20.1 Å². The zero-order valence-corrected chi connectivity index (χ0v) is 17.3. The molecule has 1 aliphatic heterocycles. The molecule has 0 saturated heterocycles. The van der Waals surface area contributed by atoms with E-state index in [-0.39, 0.29) is 5.60 Å². The van der Waals surface area contributed by atoms with Crippen LogP contribution in [0, 0.1) is 6.92 Å². The van der Waals surface area contributed by atoms with Crippen LogP contribution in [-0.2, 0) is 13.0 Å². The summed E-state index contributed by atoms with van der Waals surface area (Å²) < 4.78 is 12.0. The Balaban J connectivity index is 1.51. The highest BCUT2D eigenvalue weighted by Gasteiger charge is 2.32. The number of nitrogens with zero attached hydrogens (tertiary/aromatic N) is 2. The van der Waals surface area contributed by atoms with Crippen molar-refractivity contribution in [3.05, 3.63) is 39.8 Å². The lowest BCUT2D eigenvalue weighted by atomic mass is 10.0. The number of rotatable bonds is 7. The Morgan fingerprint density at radius 2 is 2.22 bits per heavy atom. The Kier molecular flexibility index (Phi) is 6.21. The van der Waals surface area contributed by atoms with Gasteiger partial charge in [0.05, 0.1) is 13.1 Å². The van der Waals surface area contributed by atoms with Gasteiger partial charge >= 0.3 is 0 Å². The van der Waals surface area contributed by atoms with Crippen LogP contribution in [0.5, 0.6) is 11.5 Å². The van der Waals surface area contributed by atoms with Gasteiger partial charge in [-0.25, -0.2) is 9.98 Å². The van der Waals surface area contributed by atoms with Crippen molar-refractivity contribution in [2.75, 3.05) is 19.7 Å². The number of hydrogen-bond donors (Lipinski definition) is 2. The molecule has 0 spiro atoms. The molecular weight excluding hydrogens is 360 g/mol. The van der Waals surface area contributed by atoms with Crippen LogP contribution in [0.1, 0.15) is 36.2 Å². The van der Waals surface area contributed by atoms with Crippen LogP contribution >= 0.6 is 11.3 Å². The summed E-state index contributed by atoms with van der Waals surface area (Å²) in [5, 5.41) is 7.56. The molecule has 1 aromatic heterocycles. The van der Waals surface area contributed by atoms with Crippen LogP contribution in [0.15, 0.2) is 29.4 Å². The highest BCUT2D eigenvalue weighted by Crippen LogP contribution is 2.41. The van der Waals surface area contributed by atoms with E-state index in [0.29, 0.717) is 19.7 Å². The molecule has 2 heterocycles. The van der Waals surface area contributed by atoms with E-state index in [4.69, 9.17) is 9.47 Å².